The van der Waals surface area contributed by atoms with E-state index in [2.05, 4.69) is 28.7 Å². The number of hydrogen-bond donors (Lipinski definition) is 1. The lowest BCUT2D eigenvalue weighted by Crippen LogP contribution is -2.48. The third kappa shape index (κ3) is 3.41. The van der Waals surface area contributed by atoms with Crippen molar-refractivity contribution >= 4 is 21.1 Å². The van der Waals surface area contributed by atoms with Crippen LogP contribution in [0.4, 0.5) is 0 Å². The molecule has 6 nitrogen and oxygen atoms in total. The molecular formula is C16H24N4O2S. The summed E-state index contributed by atoms with van der Waals surface area (Å²) in [5.74, 6) is 0.676. The van der Waals surface area contributed by atoms with Crippen LogP contribution >= 0.6 is 0 Å². The highest BCUT2D eigenvalue weighted by Gasteiger charge is 2.30. The van der Waals surface area contributed by atoms with Crippen LogP contribution in [0, 0.1) is 5.92 Å². The number of hydrogen-bond acceptors (Lipinski definition) is 4. The van der Waals surface area contributed by atoms with Gasteiger partial charge in [-0.3, -0.25) is 0 Å². The van der Waals surface area contributed by atoms with Gasteiger partial charge in [-0.25, -0.2) is 13.4 Å². The van der Waals surface area contributed by atoms with Crippen molar-refractivity contribution in [3.8, 4) is 0 Å². The van der Waals surface area contributed by atoms with Crippen LogP contribution in [0.15, 0.2) is 29.4 Å². The minimum absolute atomic E-state index is 0.330. The Kier molecular flexibility index (Phi) is 4.70. The maximum Gasteiger partial charge on any atom is 0.245 e. The van der Waals surface area contributed by atoms with Crippen LogP contribution in [-0.2, 0) is 10.0 Å². The Bertz CT molecular complexity index is 761. The number of fused-ring (bicyclic) bond motifs is 1. The monoisotopic (exact) mass is 336 g/mol. The van der Waals surface area contributed by atoms with Gasteiger partial charge in [-0.2, -0.15) is 4.31 Å². The zero-order chi connectivity index (χ0) is 16.4. The maximum atomic E-state index is 12.9. The second-order valence-corrected chi connectivity index (χ2v) is 8.39. The third-order valence-corrected chi connectivity index (χ3v) is 6.32. The summed E-state index contributed by atoms with van der Waals surface area (Å²) in [5.41, 5.74) is 0.613. The molecule has 3 rings (SSSR count). The largest absolute Gasteiger partial charge is 0.345 e. The van der Waals surface area contributed by atoms with Gasteiger partial charge in [0.2, 0.25) is 10.0 Å². The standard InChI is InChI=1S/C16H24N4O2S/c1-13(2)5-7-19-8-10-20(11-9-19)23(21,22)15-12-18-16-14(15)4-3-6-17-16/h3-4,6,12-13H,5,7-11H2,1-2H3,(H,17,18). The lowest BCUT2D eigenvalue weighted by molar-refractivity contribution is 0.181. The molecule has 2 aromatic rings. The van der Waals surface area contributed by atoms with E-state index in [4.69, 9.17) is 0 Å². The number of aromatic amines is 1. The molecule has 0 amide bonds. The number of piperazine rings is 1. The molecule has 2 aromatic heterocycles. The molecule has 3 heterocycles. The van der Waals surface area contributed by atoms with Crippen molar-refractivity contribution in [2.75, 3.05) is 32.7 Å². The van der Waals surface area contributed by atoms with Crippen LogP contribution in [0.25, 0.3) is 11.0 Å². The fourth-order valence-corrected chi connectivity index (χ4v) is 4.49. The van der Waals surface area contributed by atoms with Crippen LogP contribution in [0.5, 0.6) is 0 Å². The zero-order valence-electron chi connectivity index (χ0n) is 13.7. The zero-order valence-corrected chi connectivity index (χ0v) is 14.5. The van der Waals surface area contributed by atoms with Crippen molar-refractivity contribution in [2.24, 2.45) is 5.92 Å². The number of nitrogens with one attached hydrogen (secondary N) is 1. The molecule has 0 aromatic carbocycles. The van der Waals surface area contributed by atoms with Gasteiger partial charge in [0, 0.05) is 44.0 Å². The van der Waals surface area contributed by atoms with Gasteiger partial charge in [-0.1, -0.05) is 13.8 Å². The Hall–Kier alpha value is -1.44. The normalized spacial score (nSPS) is 18.0. The first-order chi connectivity index (χ1) is 11.0. The second kappa shape index (κ2) is 6.59. The average molecular weight is 336 g/mol. The summed E-state index contributed by atoms with van der Waals surface area (Å²) in [6, 6.07) is 3.56. The molecule has 0 bridgehead atoms. The van der Waals surface area contributed by atoms with E-state index in [-0.39, 0.29) is 0 Å². The van der Waals surface area contributed by atoms with Crippen molar-refractivity contribution in [3.05, 3.63) is 24.5 Å². The Morgan fingerprint density at radius 1 is 1.26 bits per heavy atom. The predicted octanol–water partition coefficient (Wildman–Crippen LogP) is 1.92. The van der Waals surface area contributed by atoms with E-state index in [0.29, 0.717) is 34.9 Å². The molecule has 0 radical (unpaired) electrons. The van der Waals surface area contributed by atoms with Gasteiger partial charge in [-0.15, -0.1) is 0 Å². The van der Waals surface area contributed by atoms with Crippen molar-refractivity contribution in [3.63, 3.8) is 0 Å². The highest BCUT2D eigenvalue weighted by Crippen LogP contribution is 2.25. The fourth-order valence-electron chi connectivity index (χ4n) is 2.92. The SMILES string of the molecule is CC(C)CCN1CCN(S(=O)(=O)c2c[nH]c3ncccc23)CC1. The van der Waals surface area contributed by atoms with Crippen molar-refractivity contribution in [1.29, 1.82) is 0 Å². The number of rotatable bonds is 5. The molecule has 0 spiro atoms. The van der Waals surface area contributed by atoms with Crippen LogP contribution in [0.3, 0.4) is 0 Å². The predicted molar refractivity (Wildman–Crippen MR) is 90.7 cm³/mol. The van der Waals surface area contributed by atoms with Gasteiger partial charge in [0.25, 0.3) is 0 Å². The average Bonchev–Trinajstić information content (AvgIpc) is 2.98. The Morgan fingerprint density at radius 3 is 2.70 bits per heavy atom. The first kappa shape index (κ1) is 16.4. The van der Waals surface area contributed by atoms with Gasteiger partial charge in [0.1, 0.15) is 10.5 Å². The van der Waals surface area contributed by atoms with Crippen molar-refractivity contribution in [1.82, 2.24) is 19.2 Å². The molecule has 1 saturated heterocycles. The summed E-state index contributed by atoms with van der Waals surface area (Å²) < 4.78 is 27.4. The molecule has 0 aliphatic carbocycles. The highest BCUT2D eigenvalue weighted by molar-refractivity contribution is 7.89. The second-order valence-electron chi connectivity index (χ2n) is 6.48. The van der Waals surface area contributed by atoms with E-state index in [0.717, 1.165) is 26.1 Å². The van der Waals surface area contributed by atoms with Crippen LogP contribution in [-0.4, -0.2) is 60.3 Å². The molecule has 0 saturated carbocycles. The molecule has 1 fully saturated rings. The van der Waals surface area contributed by atoms with Gasteiger partial charge >= 0.3 is 0 Å². The summed E-state index contributed by atoms with van der Waals surface area (Å²) in [5, 5.41) is 0.662. The molecule has 0 atom stereocenters. The van der Waals surface area contributed by atoms with Gasteiger partial charge in [-0.05, 0) is 31.0 Å². The lowest BCUT2D eigenvalue weighted by Gasteiger charge is -2.34. The molecule has 1 aliphatic heterocycles. The highest BCUT2D eigenvalue weighted by atomic mass is 32.2. The first-order valence-corrected chi connectivity index (χ1v) is 9.57. The Morgan fingerprint density at radius 2 is 2.00 bits per heavy atom. The van der Waals surface area contributed by atoms with E-state index in [1.54, 1.807) is 28.8 Å². The van der Waals surface area contributed by atoms with Crippen molar-refractivity contribution < 1.29 is 8.42 Å². The van der Waals surface area contributed by atoms with E-state index in [1.807, 2.05) is 0 Å². The first-order valence-electron chi connectivity index (χ1n) is 8.13. The molecule has 23 heavy (non-hydrogen) atoms. The summed E-state index contributed by atoms with van der Waals surface area (Å²) in [6.45, 7) is 8.17. The fraction of sp³-hybridized carbons (Fsp3) is 0.562. The summed E-state index contributed by atoms with van der Waals surface area (Å²) in [6.07, 6.45) is 4.36. The van der Waals surface area contributed by atoms with E-state index >= 15 is 0 Å². The quantitative estimate of drug-likeness (QED) is 0.906. The van der Waals surface area contributed by atoms with Crippen molar-refractivity contribution in [2.45, 2.75) is 25.2 Å². The van der Waals surface area contributed by atoms with Crippen LogP contribution in [0.1, 0.15) is 20.3 Å². The Labute approximate surface area is 137 Å². The number of sulfonamides is 1. The number of aromatic nitrogens is 2. The smallest absolute Gasteiger partial charge is 0.245 e. The Balaban J connectivity index is 1.72. The van der Waals surface area contributed by atoms with Gasteiger partial charge < -0.3 is 9.88 Å². The van der Waals surface area contributed by atoms with E-state index < -0.39 is 10.0 Å². The molecule has 1 N–H and O–H groups in total. The minimum Gasteiger partial charge on any atom is -0.345 e. The summed E-state index contributed by atoms with van der Waals surface area (Å²) >= 11 is 0. The summed E-state index contributed by atoms with van der Waals surface area (Å²) in [7, 11) is -3.46. The molecular weight excluding hydrogens is 312 g/mol. The minimum atomic E-state index is -3.46. The third-order valence-electron chi connectivity index (χ3n) is 4.38. The van der Waals surface area contributed by atoms with Crippen LogP contribution < -0.4 is 0 Å². The number of pyridine rings is 1. The number of nitrogens with zero attached hydrogens (tertiary/aromatic N) is 3. The number of H-pyrrole nitrogens is 1. The summed E-state index contributed by atoms with van der Waals surface area (Å²) in [4.78, 5) is 9.79. The molecule has 0 unspecified atom stereocenters. The van der Waals surface area contributed by atoms with Crippen LogP contribution in [0.2, 0.25) is 0 Å². The molecule has 1 aliphatic rings. The topological polar surface area (TPSA) is 69.3 Å². The molecule has 7 heteroatoms. The van der Waals surface area contributed by atoms with E-state index in [1.165, 1.54) is 0 Å². The maximum absolute atomic E-state index is 12.9. The molecule has 126 valence electrons. The van der Waals surface area contributed by atoms with Gasteiger partial charge in [0.05, 0.1) is 0 Å². The van der Waals surface area contributed by atoms with Gasteiger partial charge in [0.15, 0.2) is 0 Å². The van der Waals surface area contributed by atoms with E-state index in [9.17, 15) is 8.42 Å². The lowest BCUT2D eigenvalue weighted by atomic mass is 10.1.